The third-order valence-corrected chi connectivity index (χ3v) is 4.17. The average Bonchev–Trinajstić information content (AvgIpc) is 2.88. The Bertz CT molecular complexity index is 624. The first-order valence-electron chi connectivity index (χ1n) is 7.70. The van der Waals surface area contributed by atoms with Gasteiger partial charge in [-0.3, -0.25) is 4.90 Å². The van der Waals surface area contributed by atoms with Crippen LogP contribution < -0.4 is 4.90 Å². The van der Waals surface area contributed by atoms with E-state index < -0.39 is 0 Å². The maximum absolute atomic E-state index is 4.50. The van der Waals surface area contributed by atoms with Crippen LogP contribution in [-0.4, -0.2) is 57.2 Å². The Morgan fingerprint density at radius 3 is 2.52 bits per heavy atom. The summed E-state index contributed by atoms with van der Waals surface area (Å²) in [6.45, 7) is 14.2. The quantitative estimate of drug-likeness (QED) is 0.857. The van der Waals surface area contributed by atoms with Gasteiger partial charge in [0.25, 0.3) is 5.78 Å². The molecule has 0 unspecified atom stereocenters. The lowest BCUT2D eigenvalue weighted by molar-refractivity contribution is 0.230. The second-order valence-electron chi connectivity index (χ2n) is 6.30. The first kappa shape index (κ1) is 14.3. The maximum Gasteiger partial charge on any atom is 0.254 e. The lowest BCUT2D eigenvalue weighted by Gasteiger charge is -2.37. The van der Waals surface area contributed by atoms with Crippen LogP contribution in [0.15, 0.2) is 6.33 Å². The highest BCUT2D eigenvalue weighted by molar-refractivity contribution is 5.54. The topological polar surface area (TPSA) is 49.6 Å². The zero-order valence-corrected chi connectivity index (χ0v) is 13.4. The van der Waals surface area contributed by atoms with Crippen LogP contribution in [0, 0.1) is 19.8 Å². The first-order chi connectivity index (χ1) is 10.1. The third kappa shape index (κ3) is 2.72. The molecule has 0 atom stereocenters. The molecule has 1 aliphatic rings. The molecule has 0 aromatic carbocycles. The van der Waals surface area contributed by atoms with Crippen molar-refractivity contribution in [3.05, 3.63) is 17.6 Å². The number of hydrogen-bond acceptors (Lipinski definition) is 5. The molecule has 6 heteroatoms. The predicted octanol–water partition coefficient (Wildman–Crippen LogP) is 1.52. The Hall–Kier alpha value is -1.69. The predicted molar refractivity (Wildman–Crippen MR) is 83.7 cm³/mol. The smallest absolute Gasteiger partial charge is 0.254 e. The van der Waals surface area contributed by atoms with Crippen molar-refractivity contribution in [2.45, 2.75) is 27.7 Å². The van der Waals surface area contributed by atoms with Gasteiger partial charge in [0.15, 0.2) is 0 Å². The molecule has 0 aliphatic carbocycles. The van der Waals surface area contributed by atoms with Crippen LogP contribution in [0.25, 0.3) is 5.78 Å². The van der Waals surface area contributed by atoms with E-state index in [0.717, 1.165) is 43.6 Å². The van der Waals surface area contributed by atoms with Crippen molar-refractivity contribution >= 4 is 11.6 Å². The van der Waals surface area contributed by atoms with Crippen LogP contribution in [0.4, 0.5) is 5.82 Å². The van der Waals surface area contributed by atoms with Gasteiger partial charge in [0.2, 0.25) is 0 Å². The van der Waals surface area contributed by atoms with Crippen molar-refractivity contribution in [1.29, 1.82) is 0 Å². The van der Waals surface area contributed by atoms with Gasteiger partial charge in [-0.2, -0.15) is 14.6 Å². The Balaban J connectivity index is 1.85. The second-order valence-corrected chi connectivity index (χ2v) is 6.30. The average molecular weight is 288 g/mol. The molecule has 1 saturated heterocycles. The molecule has 0 spiro atoms. The van der Waals surface area contributed by atoms with Gasteiger partial charge < -0.3 is 4.90 Å². The molecule has 0 saturated carbocycles. The lowest BCUT2D eigenvalue weighted by Crippen LogP contribution is -2.48. The summed E-state index contributed by atoms with van der Waals surface area (Å²) >= 11 is 0. The molecule has 0 N–H and O–H groups in total. The van der Waals surface area contributed by atoms with Crippen LogP contribution in [0.1, 0.15) is 25.1 Å². The molecule has 1 aliphatic heterocycles. The molecule has 21 heavy (non-hydrogen) atoms. The van der Waals surface area contributed by atoms with E-state index in [9.17, 15) is 0 Å². The minimum atomic E-state index is 0.692. The monoisotopic (exact) mass is 288 g/mol. The van der Waals surface area contributed by atoms with Crippen LogP contribution in [0.2, 0.25) is 0 Å². The van der Waals surface area contributed by atoms with Gasteiger partial charge in [-0.1, -0.05) is 13.8 Å². The molecule has 2 aromatic rings. The molecule has 3 rings (SSSR count). The van der Waals surface area contributed by atoms with Gasteiger partial charge in [0, 0.05) is 44.0 Å². The SMILES string of the molecule is Cc1nc2ncnn2c(N2CCN(CC(C)C)CC2)c1C. The zero-order valence-electron chi connectivity index (χ0n) is 13.4. The van der Waals surface area contributed by atoms with E-state index in [0.29, 0.717) is 5.78 Å². The van der Waals surface area contributed by atoms with E-state index >= 15 is 0 Å². The van der Waals surface area contributed by atoms with Gasteiger partial charge in [0.05, 0.1) is 0 Å². The minimum Gasteiger partial charge on any atom is -0.354 e. The Morgan fingerprint density at radius 2 is 1.86 bits per heavy atom. The number of aromatic nitrogens is 4. The maximum atomic E-state index is 4.50. The van der Waals surface area contributed by atoms with Gasteiger partial charge >= 0.3 is 0 Å². The van der Waals surface area contributed by atoms with Crippen LogP contribution >= 0.6 is 0 Å². The van der Waals surface area contributed by atoms with Crippen molar-refractivity contribution < 1.29 is 0 Å². The largest absolute Gasteiger partial charge is 0.354 e. The van der Waals surface area contributed by atoms with Gasteiger partial charge in [-0.15, -0.1) is 0 Å². The van der Waals surface area contributed by atoms with Gasteiger partial charge in [-0.05, 0) is 19.8 Å². The zero-order chi connectivity index (χ0) is 15.0. The van der Waals surface area contributed by atoms with Gasteiger partial charge in [-0.25, -0.2) is 4.98 Å². The highest BCUT2D eigenvalue weighted by atomic mass is 15.4. The number of nitrogens with zero attached hydrogens (tertiary/aromatic N) is 6. The van der Waals surface area contributed by atoms with Crippen molar-refractivity contribution in [2.75, 3.05) is 37.6 Å². The summed E-state index contributed by atoms with van der Waals surface area (Å²) in [5, 5.41) is 4.35. The highest BCUT2D eigenvalue weighted by Crippen LogP contribution is 2.23. The molecular weight excluding hydrogens is 264 g/mol. The molecule has 1 fully saturated rings. The number of aryl methyl sites for hydroxylation is 1. The standard InChI is InChI=1S/C15H24N6/c1-11(2)9-19-5-7-20(8-6-19)14-12(3)13(4)18-15-16-10-17-21(14)15/h10-11H,5-9H2,1-4H3. The van der Waals surface area contributed by atoms with E-state index in [1.54, 1.807) is 6.33 Å². The van der Waals surface area contributed by atoms with E-state index in [1.807, 2.05) is 11.4 Å². The fraction of sp³-hybridized carbons (Fsp3) is 0.667. The second kappa shape index (κ2) is 5.60. The molecular formula is C15H24N6. The Morgan fingerprint density at radius 1 is 1.14 bits per heavy atom. The summed E-state index contributed by atoms with van der Waals surface area (Å²) in [5.74, 6) is 2.57. The summed E-state index contributed by atoms with van der Waals surface area (Å²) < 4.78 is 1.88. The molecule has 3 heterocycles. The Labute approximate surface area is 125 Å². The van der Waals surface area contributed by atoms with E-state index in [-0.39, 0.29) is 0 Å². The molecule has 0 amide bonds. The third-order valence-electron chi connectivity index (χ3n) is 4.17. The summed E-state index contributed by atoms with van der Waals surface area (Å²) in [7, 11) is 0. The fourth-order valence-electron chi connectivity index (χ4n) is 3.05. The lowest BCUT2D eigenvalue weighted by atomic mass is 10.1. The number of anilines is 1. The van der Waals surface area contributed by atoms with E-state index in [2.05, 4.69) is 45.6 Å². The summed E-state index contributed by atoms with van der Waals surface area (Å²) in [6, 6.07) is 0. The fourth-order valence-corrected chi connectivity index (χ4v) is 3.05. The molecule has 0 bridgehead atoms. The van der Waals surface area contributed by atoms with Crippen molar-refractivity contribution in [3.63, 3.8) is 0 Å². The first-order valence-corrected chi connectivity index (χ1v) is 7.70. The van der Waals surface area contributed by atoms with Crippen molar-refractivity contribution in [2.24, 2.45) is 5.92 Å². The van der Waals surface area contributed by atoms with Crippen molar-refractivity contribution in [3.8, 4) is 0 Å². The summed E-state index contributed by atoms with van der Waals surface area (Å²) in [4.78, 5) is 13.7. The van der Waals surface area contributed by atoms with Gasteiger partial charge in [0.1, 0.15) is 12.1 Å². The van der Waals surface area contributed by atoms with Crippen LogP contribution in [-0.2, 0) is 0 Å². The van der Waals surface area contributed by atoms with Crippen LogP contribution in [0.5, 0.6) is 0 Å². The number of piperazine rings is 1. The normalized spacial score (nSPS) is 17.1. The number of hydrogen-bond donors (Lipinski definition) is 0. The van der Waals surface area contributed by atoms with E-state index in [1.165, 1.54) is 12.1 Å². The molecule has 0 radical (unpaired) electrons. The molecule has 114 valence electrons. The molecule has 2 aromatic heterocycles. The summed E-state index contributed by atoms with van der Waals surface area (Å²) in [6.07, 6.45) is 1.58. The number of rotatable bonds is 3. The summed E-state index contributed by atoms with van der Waals surface area (Å²) in [5.41, 5.74) is 2.24. The Kier molecular flexibility index (Phi) is 3.80. The number of fused-ring (bicyclic) bond motifs is 1. The minimum absolute atomic E-state index is 0.692. The highest BCUT2D eigenvalue weighted by Gasteiger charge is 2.22. The van der Waals surface area contributed by atoms with E-state index in [4.69, 9.17) is 0 Å². The molecule has 6 nitrogen and oxygen atoms in total. The van der Waals surface area contributed by atoms with Crippen molar-refractivity contribution in [1.82, 2.24) is 24.5 Å². The van der Waals surface area contributed by atoms with Crippen LogP contribution in [0.3, 0.4) is 0 Å².